The summed E-state index contributed by atoms with van der Waals surface area (Å²) in [5.41, 5.74) is 0.792. The second-order valence-corrected chi connectivity index (χ2v) is 9.02. The fourth-order valence-corrected chi connectivity index (χ4v) is 3.47. The van der Waals surface area contributed by atoms with E-state index in [-0.39, 0.29) is 12.3 Å². The summed E-state index contributed by atoms with van der Waals surface area (Å²) in [5.74, 6) is -1.17. The first-order valence-electron chi connectivity index (χ1n) is 10.6. The number of ether oxygens (including phenoxy) is 1. The normalized spacial score (nSPS) is 11.8. The Labute approximate surface area is 204 Å². The van der Waals surface area contributed by atoms with Gasteiger partial charge in [0.2, 0.25) is 5.91 Å². The number of halogens is 1. The van der Waals surface area contributed by atoms with Gasteiger partial charge in [0.25, 0.3) is 5.91 Å². The number of phenols is 1. The third kappa shape index (κ3) is 7.52. The first kappa shape index (κ1) is 26.7. The maximum atomic E-state index is 13.5. The lowest BCUT2D eigenvalue weighted by molar-refractivity contribution is -0.137. The number of anilines is 1. The van der Waals surface area contributed by atoms with Crippen LogP contribution in [0.15, 0.2) is 55.1 Å². The van der Waals surface area contributed by atoms with E-state index >= 15 is 0 Å². The van der Waals surface area contributed by atoms with Crippen molar-refractivity contribution in [3.05, 3.63) is 71.3 Å². The van der Waals surface area contributed by atoms with Crippen LogP contribution >= 0.6 is 11.6 Å². The number of benzene rings is 2. The summed E-state index contributed by atoms with van der Waals surface area (Å²) in [5, 5.41) is 15.6. The van der Waals surface area contributed by atoms with E-state index in [1.807, 2.05) is 0 Å². The van der Waals surface area contributed by atoms with Gasteiger partial charge in [-0.3, -0.25) is 9.59 Å². The molecule has 9 heteroatoms. The third-order valence-electron chi connectivity index (χ3n) is 4.65. The molecule has 0 saturated carbocycles. The summed E-state index contributed by atoms with van der Waals surface area (Å²) in [7, 11) is 0. The van der Waals surface area contributed by atoms with Gasteiger partial charge in [0.1, 0.15) is 23.9 Å². The first-order chi connectivity index (χ1) is 15.9. The minimum absolute atomic E-state index is 0.00405. The van der Waals surface area contributed by atoms with Gasteiger partial charge in [0, 0.05) is 6.54 Å². The topological polar surface area (TPSA) is 108 Å². The molecule has 0 saturated heterocycles. The Morgan fingerprint density at radius 3 is 2.47 bits per heavy atom. The van der Waals surface area contributed by atoms with Gasteiger partial charge < -0.3 is 25.4 Å². The summed E-state index contributed by atoms with van der Waals surface area (Å²) in [6.07, 6.45) is 0.708. The van der Waals surface area contributed by atoms with E-state index in [4.69, 9.17) is 16.3 Å². The zero-order valence-corrected chi connectivity index (χ0v) is 20.5. The Balaban J connectivity index is 2.38. The molecule has 1 atom stereocenters. The third-order valence-corrected chi connectivity index (χ3v) is 4.96. The van der Waals surface area contributed by atoms with Crippen LogP contribution in [0.25, 0.3) is 0 Å². The highest BCUT2D eigenvalue weighted by atomic mass is 35.5. The maximum Gasteiger partial charge on any atom is 0.408 e. The fraction of sp³-hybridized carbons (Fsp3) is 0.320. The zero-order chi connectivity index (χ0) is 25.5. The highest BCUT2D eigenvalue weighted by Crippen LogP contribution is 2.30. The summed E-state index contributed by atoms with van der Waals surface area (Å²) in [4.78, 5) is 39.9. The predicted molar refractivity (Wildman–Crippen MR) is 132 cm³/mol. The highest BCUT2D eigenvalue weighted by molar-refractivity contribution is 6.34. The number of amides is 3. The molecule has 0 heterocycles. The number of rotatable bonds is 8. The second kappa shape index (κ2) is 11.6. The first-order valence-corrected chi connectivity index (χ1v) is 11.0. The van der Waals surface area contributed by atoms with Gasteiger partial charge in [-0.15, -0.1) is 6.58 Å². The number of aryl methyl sites for hydroxylation is 1. The van der Waals surface area contributed by atoms with E-state index < -0.39 is 36.1 Å². The average Bonchev–Trinajstić information content (AvgIpc) is 2.73. The SMILES string of the molecule is C=CCN(C(=O)CNC(=O)OC(C)(C)C)C(C(=O)Nc1c(C)cccc1Cl)c1cccc(O)c1. The Morgan fingerprint density at radius 1 is 1.21 bits per heavy atom. The van der Waals surface area contributed by atoms with Gasteiger partial charge >= 0.3 is 6.09 Å². The van der Waals surface area contributed by atoms with Gasteiger partial charge in [0.15, 0.2) is 0 Å². The van der Waals surface area contributed by atoms with Crippen molar-refractivity contribution in [3.63, 3.8) is 0 Å². The molecule has 0 aromatic heterocycles. The van der Waals surface area contributed by atoms with Crippen molar-refractivity contribution in [1.29, 1.82) is 0 Å². The van der Waals surface area contributed by atoms with Crippen LogP contribution in [0.1, 0.15) is 37.9 Å². The molecule has 34 heavy (non-hydrogen) atoms. The van der Waals surface area contributed by atoms with Crippen LogP contribution < -0.4 is 10.6 Å². The molecule has 2 rings (SSSR count). The molecule has 3 amide bonds. The molecule has 182 valence electrons. The van der Waals surface area contributed by atoms with Crippen molar-refractivity contribution in [2.45, 2.75) is 39.3 Å². The molecule has 0 aliphatic rings. The molecule has 0 bridgehead atoms. The second-order valence-electron chi connectivity index (χ2n) is 8.61. The van der Waals surface area contributed by atoms with Gasteiger partial charge in [0.05, 0.1) is 10.7 Å². The van der Waals surface area contributed by atoms with Crippen LogP contribution in [0, 0.1) is 6.92 Å². The largest absolute Gasteiger partial charge is 0.508 e. The van der Waals surface area contributed by atoms with E-state index in [2.05, 4.69) is 17.2 Å². The number of nitrogens with zero attached hydrogens (tertiary/aromatic N) is 1. The van der Waals surface area contributed by atoms with Crippen molar-refractivity contribution < 1.29 is 24.2 Å². The number of carbonyl (C=O) groups excluding carboxylic acids is 3. The smallest absolute Gasteiger partial charge is 0.408 e. The number of aromatic hydroxyl groups is 1. The lowest BCUT2D eigenvalue weighted by atomic mass is 10.0. The van der Waals surface area contributed by atoms with Gasteiger partial charge in [-0.05, 0) is 57.0 Å². The number of alkyl carbamates (subject to hydrolysis) is 1. The summed E-state index contributed by atoms with van der Waals surface area (Å²) >= 11 is 6.28. The van der Waals surface area contributed by atoms with Crippen molar-refractivity contribution in [3.8, 4) is 5.75 Å². The van der Waals surface area contributed by atoms with Crippen LogP contribution in [-0.4, -0.2) is 46.6 Å². The van der Waals surface area contributed by atoms with Crippen LogP contribution in [0.2, 0.25) is 5.02 Å². The number of phenolic OH excluding ortho intramolecular Hbond substituents is 1. The summed E-state index contributed by atoms with van der Waals surface area (Å²) < 4.78 is 5.17. The average molecular weight is 488 g/mol. The van der Waals surface area contributed by atoms with Crippen LogP contribution in [0.3, 0.4) is 0 Å². The minimum atomic E-state index is -1.14. The quantitative estimate of drug-likeness (QED) is 0.472. The molecule has 0 aliphatic carbocycles. The summed E-state index contributed by atoms with van der Waals surface area (Å²) in [6.45, 7) is 10.2. The van der Waals surface area contributed by atoms with Crippen molar-refractivity contribution in [2.24, 2.45) is 0 Å². The Bertz CT molecular complexity index is 1040. The Kier molecular flexibility index (Phi) is 9.09. The van der Waals surface area contributed by atoms with Crippen molar-refractivity contribution in [2.75, 3.05) is 18.4 Å². The lowest BCUT2D eigenvalue weighted by Gasteiger charge is -2.31. The monoisotopic (exact) mass is 487 g/mol. The molecule has 0 fully saturated rings. The zero-order valence-electron chi connectivity index (χ0n) is 19.7. The lowest BCUT2D eigenvalue weighted by Crippen LogP contribution is -2.46. The number of hydrogen-bond acceptors (Lipinski definition) is 5. The standard InChI is InChI=1S/C25H30ClN3O5/c1-6-13-29(20(31)15-27-24(33)34-25(3,4)5)22(17-10-8-11-18(30)14-17)23(32)28-21-16(2)9-7-12-19(21)26/h6-12,14,22,30H,1,13,15H2,2-5H3,(H,27,33)(H,28,32). The van der Waals surface area contributed by atoms with E-state index in [1.54, 1.807) is 58.0 Å². The maximum absolute atomic E-state index is 13.5. The molecule has 3 N–H and O–H groups in total. The molecule has 8 nitrogen and oxygen atoms in total. The Hall–Kier alpha value is -3.52. The number of hydrogen-bond donors (Lipinski definition) is 3. The summed E-state index contributed by atoms with van der Waals surface area (Å²) in [6, 6.07) is 10.1. The fourth-order valence-electron chi connectivity index (χ4n) is 3.20. The van der Waals surface area contributed by atoms with Crippen LogP contribution in [0.4, 0.5) is 10.5 Å². The van der Waals surface area contributed by atoms with Gasteiger partial charge in [-0.25, -0.2) is 4.79 Å². The van der Waals surface area contributed by atoms with Crippen LogP contribution in [0.5, 0.6) is 5.75 Å². The molecule has 0 radical (unpaired) electrons. The Morgan fingerprint density at radius 2 is 1.88 bits per heavy atom. The van der Waals surface area contributed by atoms with Gasteiger partial charge in [-0.1, -0.05) is 41.9 Å². The molecule has 2 aromatic rings. The number of nitrogens with one attached hydrogen (secondary N) is 2. The van der Waals surface area contributed by atoms with Crippen LogP contribution in [-0.2, 0) is 14.3 Å². The minimum Gasteiger partial charge on any atom is -0.508 e. The predicted octanol–water partition coefficient (Wildman–Crippen LogP) is 4.57. The van der Waals surface area contributed by atoms with E-state index in [9.17, 15) is 19.5 Å². The number of para-hydroxylation sites is 1. The molecule has 0 spiro atoms. The molecule has 1 unspecified atom stereocenters. The number of carbonyl (C=O) groups is 3. The highest BCUT2D eigenvalue weighted by Gasteiger charge is 2.32. The van der Waals surface area contributed by atoms with E-state index in [1.165, 1.54) is 23.1 Å². The molecule has 2 aromatic carbocycles. The molecular weight excluding hydrogens is 458 g/mol. The van der Waals surface area contributed by atoms with E-state index in [0.717, 1.165) is 5.56 Å². The molecular formula is C25H30ClN3O5. The van der Waals surface area contributed by atoms with E-state index in [0.29, 0.717) is 16.3 Å². The van der Waals surface area contributed by atoms with Crippen molar-refractivity contribution >= 4 is 35.2 Å². The van der Waals surface area contributed by atoms with Gasteiger partial charge in [-0.2, -0.15) is 0 Å². The molecule has 0 aliphatic heterocycles. The van der Waals surface area contributed by atoms with Crippen molar-refractivity contribution in [1.82, 2.24) is 10.2 Å².